The smallest absolute Gasteiger partial charge is 0.407 e. The number of alkyl carbamates (subject to hydrolysis) is 1. The molecule has 0 aliphatic rings. The van der Waals surface area contributed by atoms with Gasteiger partial charge in [-0.2, -0.15) is 0 Å². The molecular formula is C9H13N3O4. The number of hydrogen-bond donors (Lipinski definition) is 2. The van der Waals surface area contributed by atoms with Crippen LogP contribution in [0.25, 0.3) is 0 Å². The van der Waals surface area contributed by atoms with Gasteiger partial charge in [0.25, 0.3) is 5.91 Å². The number of carbonyl (C=O) groups excluding carboxylic acids is 2. The van der Waals surface area contributed by atoms with Crippen LogP contribution >= 0.6 is 0 Å². The predicted molar refractivity (Wildman–Crippen MR) is 53.8 cm³/mol. The summed E-state index contributed by atoms with van der Waals surface area (Å²) >= 11 is 0. The number of amides is 2. The van der Waals surface area contributed by atoms with E-state index in [0.29, 0.717) is 12.3 Å². The number of aromatic nitrogens is 1. The fourth-order valence-electron chi connectivity index (χ4n) is 0.948. The van der Waals surface area contributed by atoms with Gasteiger partial charge in [0.15, 0.2) is 18.1 Å². The lowest BCUT2D eigenvalue weighted by molar-refractivity contribution is 0.0952. The quantitative estimate of drug-likeness (QED) is 0.770. The topological polar surface area (TPSA) is 93.5 Å². The highest BCUT2D eigenvalue weighted by Crippen LogP contribution is 2.04. The maximum Gasteiger partial charge on any atom is 0.407 e. The van der Waals surface area contributed by atoms with Gasteiger partial charge < -0.3 is 19.9 Å². The van der Waals surface area contributed by atoms with Crippen molar-refractivity contribution >= 4 is 12.0 Å². The average molecular weight is 227 g/mol. The molecule has 0 fully saturated rings. The second kappa shape index (κ2) is 5.74. The fraction of sp³-hybridized carbons (Fsp3) is 0.444. The summed E-state index contributed by atoms with van der Waals surface area (Å²) in [7, 11) is 1.49. The van der Waals surface area contributed by atoms with Crippen LogP contribution in [-0.4, -0.2) is 30.7 Å². The zero-order valence-corrected chi connectivity index (χ0v) is 9.07. The number of nitrogens with one attached hydrogen (secondary N) is 2. The van der Waals surface area contributed by atoms with Crippen LogP contribution in [0.3, 0.4) is 0 Å². The molecule has 1 heterocycles. The van der Waals surface area contributed by atoms with Gasteiger partial charge in [-0.15, -0.1) is 0 Å². The molecule has 88 valence electrons. The second-order valence-electron chi connectivity index (χ2n) is 2.86. The molecule has 0 saturated carbocycles. The minimum absolute atomic E-state index is 0.0597. The minimum Gasteiger partial charge on any atom is -0.441 e. The number of rotatable bonds is 4. The predicted octanol–water partition coefficient (Wildman–Crippen LogP) is 0.280. The molecule has 7 heteroatoms. The molecule has 0 unspecified atom stereocenters. The van der Waals surface area contributed by atoms with Crippen molar-refractivity contribution in [2.75, 3.05) is 13.6 Å². The summed E-state index contributed by atoms with van der Waals surface area (Å²) in [6, 6.07) is 1.41. The van der Waals surface area contributed by atoms with E-state index in [1.54, 1.807) is 6.92 Å². The van der Waals surface area contributed by atoms with Crippen molar-refractivity contribution in [3.05, 3.63) is 17.5 Å². The summed E-state index contributed by atoms with van der Waals surface area (Å²) in [5, 5.41) is 8.36. The van der Waals surface area contributed by atoms with Crippen LogP contribution in [0.5, 0.6) is 0 Å². The first-order chi connectivity index (χ1) is 7.67. The van der Waals surface area contributed by atoms with Gasteiger partial charge in [0.2, 0.25) is 0 Å². The van der Waals surface area contributed by atoms with Gasteiger partial charge in [-0.3, -0.25) is 4.79 Å². The Morgan fingerprint density at radius 2 is 2.31 bits per heavy atom. The van der Waals surface area contributed by atoms with Crippen LogP contribution in [-0.2, 0) is 11.3 Å². The van der Waals surface area contributed by atoms with Gasteiger partial charge in [-0.1, -0.05) is 5.16 Å². The standard InChI is InChI=1S/C9H13N3O4/c1-3-11-9(14)15-5-6-4-7(12-16-6)8(13)10-2/h4H,3,5H2,1-2H3,(H,10,13)(H,11,14). The van der Waals surface area contributed by atoms with Crippen LogP contribution in [0.15, 0.2) is 10.6 Å². The number of ether oxygens (including phenoxy) is 1. The Hall–Kier alpha value is -2.05. The number of carbonyl (C=O) groups is 2. The summed E-state index contributed by atoms with van der Waals surface area (Å²) in [5.41, 5.74) is 0.150. The van der Waals surface area contributed by atoms with Crippen molar-refractivity contribution in [2.45, 2.75) is 13.5 Å². The van der Waals surface area contributed by atoms with Crippen LogP contribution in [0.4, 0.5) is 4.79 Å². The Kier molecular flexibility index (Phi) is 4.31. The largest absolute Gasteiger partial charge is 0.441 e. The minimum atomic E-state index is -0.541. The third-order valence-corrected chi connectivity index (χ3v) is 1.69. The van der Waals surface area contributed by atoms with E-state index in [-0.39, 0.29) is 18.2 Å². The van der Waals surface area contributed by atoms with Crippen molar-refractivity contribution in [1.82, 2.24) is 15.8 Å². The summed E-state index contributed by atoms with van der Waals surface area (Å²) in [5.74, 6) is -0.0436. The molecule has 1 aromatic rings. The van der Waals surface area contributed by atoms with Crippen molar-refractivity contribution < 1.29 is 18.8 Å². The van der Waals surface area contributed by atoms with E-state index in [4.69, 9.17) is 9.26 Å². The molecule has 0 aliphatic heterocycles. The Balaban J connectivity index is 2.46. The summed E-state index contributed by atoms with van der Waals surface area (Å²) in [4.78, 5) is 22.1. The van der Waals surface area contributed by atoms with Crippen LogP contribution < -0.4 is 10.6 Å². The summed E-state index contributed by atoms with van der Waals surface area (Å²) < 4.78 is 9.58. The highest BCUT2D eigenvalue weighted by molar-refractivity contribution is 5.91. The maximum absolute atomic E-state index is 11.1. The zero-order chi connectivity index (χ0) is 12.0. The molecule has 0 bridgehead atoms. The van der Waals surface area contributed by atoms with Crippen molar-refractivity contribution in [3.8, 4) is 0 Å². The van der Waals surface area contributed by atoms with E-state index in [1.807, 2.05) is 0 Å². The Labute approximate surface area is 92.1 Å². The molecule has 1 rings (SSSR count). The highest BCUT2D eigenvalue weighted by atomic mass is 16.6. The monoisotopic (exact) mass is 227 g/mol. The highest BCUT2D eigenvalue weighted by Gasteiger charge is 2.11. The van der Waals surface area contributed by atoms with E-state index in [2.05, 4.69) is 15.8 Å². The molecule has 0 atom stereocenters. The van der Waals surface area contributed by atoms with E-state index in [1.165, 1.54) is 13.1 Å². The molecule has 16 heavy (non-hydrogen) atoms. The zero-order valence-electron chi connectivity index (χ0n) is 9.07. The molecular weight excluding hydrogens is 214 g/mol. The lowest BCUT2D eigenvalue weighted by Gasteiger charge is -2.01. The molecule has 0 aromatic carbocycles. The van der Waals surface area contributed by atoms with Crippen LogP contribution in [0.1, 0.15) is 23.2 Å². The normalized spacial score (nSPS) is 9.62. The average Bonchev–Trinajstić information content (AvgIpc) is 2.74. The second-order valence-corrected chi connectivity index (χ2v) is 2.86. The van der Waals surface area contributed by atoms with Crippen molar-refractivity contribution in [2.24, 2.45) is 0 Å². The summed E-state index contributed by atoms with van der Waals surface area (Å²) in [6.07, 6.45) is -0.541. The van der Waals surface area contributed by atoms with E-state index in [0.717, 1.165) is 0 Å². The fourth-order valence-corrected chi connectivity index (χ4v) is 0.948. The molecule has 0 radical (unpaired) electrons. The van der Waals surface area contributed by atoms with Crippen LogP contribution in [0.2, 0.25) is 0 Å². The van der Waals surface area contributed by atoms with Gasteiger partial charge in [0, 0.05) is 19.7 Å². The van der Waals surface area contributed by atoms with E-state index in [9.17, 15) is 9.59 Å². The lowest BCUT2D eigenvalue weighted by atomic mass is 10.3. The van der Waals surface area contributed by atoms with Crippen LogP contribution in [0, 0.1) is 0 Å². The molecule has 0 saturated heterocycles. The Morgan fingerprint density at radius 1 is 1.56 bits per heavy atom. The first-order valence-electron chi connectivity index (χ1n) is 4.75. The summed E-state index contributed by atoms with van der Waals surface area (Å²) in [6.45, 7) is 2.20. The third-order valence-electron chi connectivity index (χ3n) is 1.69. The van der Waals surface area contributed by atoms with Gasteiger partial charge in [0.05, 0.1) is 0 Å². The molecule has 1 aromatic heterocycles. The SMILES string of the molecule is CCNC(=O)OCc1cc(C(=O)NC)no1. The molecule has 2 amide bonds. The molecule has 0 spiro atoms. The molecule has 0 aliphatic carbocycles. The van der Waals surface area contributed by atoms with Gasteiger partial charge in [0.1, 0.15) is 0 Å². The van der Waals surface area contributed by atoms with Gasteiger partial charge >= 0.3 is 6.09 Å². The molecule has 7 nitrogen and oxygen atoms in total. The van der Waals surface area contributed by atoms with Gasteiger partial charge in [-0.25, -0.2) is 4.79 Å². The van der Waals surface area contributed by atoms with E-state index >= 15 is 0 Å². The lowest BCUT2D eigenvalue weighted by Crippen LogP contribution is -2.23. The number of hydrogen-bond acceptors (Lipinski definition) is 5. The number of nitrogens with zero attached hydrogens (tertiary/aromatic N) is 1. The first kappa shape index (κ1) is 12.0. The van der Waals surface area contributed by atoms with Gasteiger partial charge in [-0.05, 0) is 6.92 Å². The van der Waals surface area contributed by atoms with Crippen molar-refractivity contribution in [1.29, 1.82) is 0 Å². The maximum atomic E-state index is 11.1. The third kappa shape index (κ3) is 3.26. The molecule has 2 N–H and O–H groups in total. The van der Waals surface area contributed by atoms with Crippen molar-refractivity contribution in [3.63, 3.8) is 0 Å². The van der Waals surface area contributed by atoms with E-state index < -0.39 is 6.09 Å². The first-order valence-corrected chi connectivity index (χ1v) is 4.75. The Bertz CT molecular complexity index is 375. The Morgan fingerprint density at radius 3 is 2.94 bits per heavy atom.